The minimum atomic E-state index is -0.611. The number of aliphatic hydroxyl groups is 1. The fourth-order valence-corrected chi connectivity index (χ4v) is 4.67. The standard InChI is InChI=1S/C22H32N2O4/c1-27-19-6-3-7-20(14-19)28-13-12-23-10-8-22(26)9-11-24(16-18(22)15-23)21(25)17-4-2-5-17/h3,6-7,14,17-18,26H,2,4-5,8-13,15-16H2,1H3/t18-,22-/m1/s1. The van der Waals surface area contributed by atoms with Crippen molar-refractivity contribution in [3.8, 4) is 11.5 Å². The van der Waals surface area contributed by atoms with E-state index in [0.29, 0.717) is 32.0 Å². The van der Waals surface area contributed by atoms with Crippen LogP contribution in [0.25, 0.3) is 0 Å². The van der Waals surface area contributed by atoms with Crippen LogP contribution in [0.4, 0.5) is 0 Å². The van der Waals surface area contributed by atoms with Crippen LogP contribution < -0.4 is 9.47 Å². The van der Waals surface area contributed by atoms with Crippen molar-refractivity contribution in [2.75, 3.05) is 46.4 Å². The maximum atomic E-state index is 12.6. The van der Waals surface area contributed by atoms with E-state index in [1.165, 1.54) is 6.42 Å². The number of piperidine rings is 2. The molecular weight excluding hydrogens is 356 g/mol. The number of ether oxygens (including phenoxy) is 2. The Labute approximate surface area is 167 Å². The second kappa shape index (κ2) is 8.29. The van der Waals surface area contributed by atoms with Crippen LogP contribution >= 0.6 is 0 Å². The van der Waals surface area contributed by atoms with Crippen molar-refractivity contribution in [3.63, 3.8) is 0 Å². The summed E-state index contributed by atoms with van der Waals surface area (Å²) in [5.74, 6) is 2.28. The number of benzene rings is 1. The number of amides is 1. The molecule has 6 nitrogen and oxygen atoms in total. The van der Waals surface area contributed by atoms with Crippen LogP contribution in [0.3, 0.4) is 0 Å². The normalized spacial score (nSPS) is 28.4. The molecule has 3 fully saturated rings. The highest BCUT2D eigenvalue weighted by molar-refractivity contribution is 5.79. The molecule has 0 bridgehead atoms. The van der Waals surface area contributed by atoms with Crippen molar-refractivity contribution in [3.05, 3.63) is 24.3 Å². The summed E-state index contributed by atoms with van der Waals surface area (Å²) in [4.78, 5) is 17.0. The lowest BCUT2D eigenvalue weighted by Gasteiger charge is -2.51. The average Bonchev–Trinajstić information content (AvgIpc) is 2.66. The predicted molar refractivity (Wildman–Crippen MR) is 107 cm³/mol. The lowest BCUT2D eigenvalue weighted by atomic mass is 9.75. The molecule has 1 aliphatic carbocycles. The van der Waals surface area contributed by atoms with Gasteiger partial charge in [0.1, 0.15) is 18.1 Å². The van der Waals surface area contributed by atoms with E-state index in [-0.39, 0.29) is 11.8 Å². The first-order valence-electron chi connectivity index (χ1n) is 10.6. The molecule has 2 heterocycles. The minimum Gasteiger partial charge on any atom is -0.497 e. The summed E-state index contributed by atoms with van der Waals surface area (Å²) < 4.78 is 11.1. The second-order valence-electron chi connectivity index (χ2n) is 8.54. The number of likely N-dealkylation sites (tertiary alicyclic amines) is 2. The van der Waals surface area contributed by atoms with Gasteiger partial charge in [-0.1, -0.05) is 12.5 Å². The number of fused-ring (bicyclic) bond motifs is 1. The van der Waals surface area contributed by atoms with E-state index in [2.05, 4.69) is 4.90 Å². The fraction of sp³-hybridized carbons (Fsp3) is 0.682. The average molecular weight is 389 g/mol. The molecule has 2 aliphatic heterocycles. The predicted octanol–water partition coefficient (Wildman–Crippen LogP) is 2.16. The van der Waals surface area contributed by atoms with Crippen LogP contribution in [0, 0.1) is 11.8 Å². The zero-order valence-corrected chi connectivity index (χ0v) is 16.8. The van der Waals surface area contributed by atoms with Crippen molar-refractivity contribution in [2.24, 2.45) is 11.8 Å². The highest BCUT2D eigenvalue weighted by atomic mass is 16.5. The Balaban J connectivity index is 1.28. The highest BCUT2D eigenvalue weighted by Crippen LogP contribution is 2.37. The zero-order chi connectivity index (χ0) is 19.6. The number of hydrogen-bond donors (Lipinski definition) is 1. The molecule has 0 unspecified atom stereocenters. The van der Waals surface area contributed by atoms with Crippen LogP contribution in [-0.4, -0.2) is 72.9 Å². The Morgan fingerprint density at radius 3 is 2.75 bits per heavy atom. The van der Waals surface area contributed by atoms with Crippen LogP contribution in [0.2, 0.25) is 0 Å². The van der Waals surface area contributed by atoms with Gasteiger partial charge < -0.3 is 19.5 Å². The molecule has 0 spiro atoms. The van der Waals surface area contributed by atoms with Crippen molar-refractivity contribution in [1.29, 1.82) is 0 Å². The van der Waals surface area contributed by atoms with Crippen molar-refractivity contribution >= 4 is 5.91 Å². The first-order valence-corrected chi connectivity index (χ1v) is 10.6. The first-order chi connectivity index (χ1) is 13.6. The van der Waals surface area contributed by atoms with Crippen molar-refractivity contribution in [1.82, 2.24) is 9.80 Å². The summed E-state index contributed by atoms with van der Waals surface area (Å²) in [5.41, 5.74) is -0.611. The van der Waals surface area contributed by atoms with E-state index < -0.39 is 5.60 Å². The fourth-order valence-electron chi connectivity index (χ4n) is 4.67. The Morgan fingerprint density at radius 2 is 2.00 bits per heavy atom. The van der Waals surface area contributed by atoms with Gasteiger partial charge in [0.25, 0.3) is 0 Å². The first kappa shape index (κ1) is 19.5. The summed E-state index contributed by atoms with van der Waals surface area (Å²) in [7, 11) is 1.65. The number of methoxy groups -OCH3 is 1. The largest absolute Gasteiger partial charge is 0.497 e. The summed E-state index contributed by atoms with van der Waals surface area (Å²) >= 11 is 0. The van der Waals surface area contributed by atoms with Crippen LogP contribution in [0.15, 0.2) is 24.3 Å². The summed E-state index contributed by atoms with van der Waals surface area (Å²) in [5, 5.41) is 11.1. The second-order valence-corrected chi connectivity index (χ2v) is 8.54. The van der Waals surface area contributed by atoms with Gasteiger partial charge in [-0.15, -0.1) is 0 Å². The van der Waals surface area contributed by atoms with E-state index in [1.54, 1.807) is 7.11 Å². The third-order valence-electron chi connectivity index (χ3n) is 6.84. The maximum Gasteiger partial charge on any atom is 0.225 e. The summed E-state index contributed by atoms with van der Waals surface area (Å²) in [6.45, 7) is 4.53. The van der Waals surface area contributed by atoms with E-state index in [0.717, 1.165) is 50.4 Å². The molecule has 28 heavy (non-hydrogen) atoms. The molecule has 154 valence electrons. The lowest BCUT2D eigenvalue weighted by Crippen LogP contribution is -2.61. The molecule has 4 rings (SSSR count). The molecule has 3 aliphatic rings. The number of hydrogen-bond acceptors (Lipinski definition) is 5. The Morgan fingerprint density at radius 1 is 1.21 bits per heavy atom. The SMILES string of the molecule is COc1cccc(OCCN2CC[C@@]3(O)CCN(C(=O)C4CCC4)C[C@H]3C2)c1. The molecule has 2 saturated heterocycles. The van der Waals surface area contributed by atoms with Crippen LogP contribution in [0.1, 0.15) is 32.1 Å². The smallest absolute Gasteiger partial charge is 0.225 e. The van der Waals surface area contributed by atoms with E-state index in [9.17, 15) is 9.90 Å². The number of carbonyl (C=O) groups excluding carboxylic acids is 1. The Bertz CT molecular complexity index is 693. The highest BCUT2D eigenvalue weighted by Gasteiger charge is 2.46. The Hall–Kier alpha value is -1.79. The van der Waals surface area contributed by atoms with Crippen molar-refractivity contribution in [2.45, 2.75) is 37.7 Å². The maximum absolute atomic E-state index is 12.6. The van der Waals surface area contributed by atoms with Crippen molar-refractivity contribution < 1.29 is 19.4 Å². The third-order valence-corrected chi connectivity index (χ3v) is 6.84. The van der Waals surface area contributed by atoms with E-state index >= 15 is 0 Å². The molecule has 0 aromatic heterocycles. The number of carbonyl (C=O) groups is 1. The molecule has 6 heteroatoms. The molecule has 0 radical (unpaired) electrons. The molecule has 1 N–H and O–H groups in total. The van der Waals surface area contributed by atoms with Gasteiger partial charge >= 0.3 is 0 Å². The molecule has 1 aromatic carbocycles. The van der Waals surface area contributed by atoms with Gasteiger partial charge in [0, 0.05) is 50.6 Å². The van der Waals surface area contributed by atoms with Gasteiger partial charge in [-0.2, -0.15) is 0 Å². The van der Waals surface area contributed by atoms with Gasteiger partial charge in [-0.3, -0.25) is 9.69 Å². The quantitative estimate of drug-likeness (QED) is 0.809. The summed E-state index contributed by atoms with van der Waals surface area (Å²) in [6, 6.07) is 7.64. The number of nitrogens with zero attached hydrogens (tertiary/aromatic N) is 2. The van der Waals surface area contributed by atoms with Crippen LogP contribution in [0.5, 0.6) is 11.5 Å². The topological polar surface area (TPSA) is 62.2 Å². The number of rotatable bonds is 6. The van der Waals surface area contributed by atoms with Gasteiger partial charge in [-0.05, 0) is 37.8 Å². The van der Waals surface area contributed by atoms with Gasteiger partial charge in [0.15, 0.2) is 0 Å². The molecular formula is C22H32N2O4. The summed E-state index contributed by atoms with van der Waals surface area (Å²) in [6.07, 6.45) is 4.75. The Kier molecular flexibility index (Phi) is 5.78. The minimum absolute atomic E-state index is 0.135. The van der Waals surface area contributed by atoms with Crippen LogP contribution in [-0.2, 0) is 4.79 Å². The molecule has 1 amide bonds. The van der Waals surface area contributed by atoms with Gasteiger partial charge in [0.2, 0.25) is 5.91 Å². The molecule has 1 saturated carbocycles. The monoisotopic (exact) mass is 388 g/mol. The van der Waals surface area contributed by atoms with E-state index in [1.807, 2.05) is 29.2 Å². The van der Waals surface area contributed by atoms with E-state index in [4.69, 9.17) is 9.47 Å². The zero-order valence-electron chi connectivity index (χ0n) is 16.8. The van der Waals surface area contributed by atoms with Gasteiger partial charge in [-0.25, -0.2) is 0 Å². The third kappa shape index (κ3) is 4.13. The molecule has 2 atom stereocenters. The van der Waals surface area contributed by atoms with Gasteiger partial charge in [0.05, 0.1) is 12.7 Å². The molecule has 1 aromatic rings. The lowest BCUT2D eigenvalue weighted by molar-refractivity contribution is -0.152.